The fourth-order valence-corrected chi connectivity index (χ4v) is 3.49. The van der Waals surface area contributed by atoms with Gasteiger partial charge in [-0.15, -0.1) is 0 Å². The lowest BCUT2D eigenvalue weighted by molar-refractivity contribution is 0.338. The molecule has 1 aliphatic carbocycles. The van der Waals surface area contributed by atoms with Crippen molar-refractivity contribution in [2.45, 2.75) is 51.5 Å². The van der Waals surface area contributed by atoms with E-state index in [1.54, 1.807) is 0 Å². The zero-order chi connectivity index (χ0) is 15.0. The Balaban J connectivity index is 1.80. The molecule has 1 aliphatic rings. The van der Waals surface area contributed by atoms with Crippen LogP contribution in [0.15, 0.2) is 28.7 Å². The van der Waals surface area contributed by atoms with Crippen LogP contribution in [-0.2, 0) is 0 Å². The highest BCUT2D eigenvalue weighted by Crippen LogP contribution is 2.41. The van der Waals surface area contributed by atoms with Gasteiger partial charge in [-0.2, -0.15) is 0 Å². The molecule has 0 spiro atoms. The summed E-state index contributed by atoms with van der Waals surface area (Å²) in [5, 5.41) is 5.53. The molecule has 114 valence electrons. The normalized spacial score (nSPS) is 23.0. The number of halogens is 1. The summed E-state index contributed by atoms with van der Waals surface area (Å²) >= 11 is 6.06. The first-order valence-corrected chi connectivity index (χ1v) is 8.24. The predicted octanol–water partition coefficient (Wildman–Crippen LogP) is 5.36. The van der Waals surface area contributed by atoms with E-state index in [1.165, 1.54) is 19.3 Å². The van der Waals surface area contributed by atoms with E-state index in [0.717, 1.165) is 28.3 Å². The molecule has 2 aromatic rings. The Labute approximate surface area is 131 Å². The van der Waals surface area contributed by atoms with Crippen molar-refractivity contribution >= 4 is 22.6 Å². The third kappa shape index (κ3) is 3.44. The van der Waals surface area contributed by atoms with Gasteiger partial charge in [0.1, 0.15) is 11.3 Å². The monoisotopic (exact) mass is 305 g/mol. The maximum absolute atomic E-state index is 6.08. The third-order valence-electron chi connectivity index (χ3n) is 4.42. The minimum atomic E-state index is 0.175. The molecule has 2 nitrogen and oxygen atoms in total. The number of fused-ring (bicyclic) bond motifs is 1. The molecule has 3 heteroatoms. The quantitative estimate of drug-likeness (QED) is 0.826. The van der Waals surface area contributed by atoms with E-state index in [4.69, 9.17) is 16.0 Å². The molecule has 1 heterocycles. The van der Waals surface area contributed by atoms with Gasteiger partial charge < -0.3 is 9.73 Å². The van der Waals surface area contributed by atoms with Crippen molar-refractivity contribution in [1.82, 2.24) is 5.32 Å². The van der Waals surface area contributed by atoms with Crippen LogP contribution in [0, 0.1) is 5.92 Å². The number of hydrogen-bond donors (Lipinski definition) is 1. The van der Waals surface area contributed by atoms with Crippen LogP contribution in [0.4, 0.5) is 0 Å². The number of hydrogen-bond acceptors (Lipinski definition) is 2. The Kier molecular flexibility index (Phi) is 4.02. The topological polar surface area (TPSA) is 25.2 Å². The molecule has 2 unspecified atom stereocenters. The molecule has 0 radical (unpaired) electrons. The van der Waals surface area contributed by atoms with Crippen LogP contribution >= 0.6 is 11.6 Å². The smallest absolute Gasteiger partial charge is 0.134 e. The Bertz CT molecular complexity index is 626. The minimum Gasteiger partial charge on any atom is -0.461 e. The standard InChI is InChI=1S/C18H24ClNO/c1-18(2,3)20-11-12-5-4-6-15(12)17-10-13-9-14(19)7-8-16(13)21-17/h7-10,12,15,20H,4-6,11H2,1-3H3. The molecule has 1 aromatic heterocycles. The molecule has 1 fully saturated rings. The van der Waals surface area contributed by atoms with Crippen molar-refractivity contribution < 1.29 is 4.42 Å². The van der Waals surface area contributed by atoms with Gasteiger partial charge in [0, 0.05) is 21.9 Å². The van der Waals surface area contributed by atoms with Crippen molar-refractivity contribution in [3.8, 4) is 0 Å². The fraction of sp³-hybridized carbons (Fsp3) is 0.556. The van der Waals surface area contributed by atoms with Gasteiger partial charge in [-0.25, -0.2) is 0 Å². The Morgan fingerprint density at radius 1 is 1.24 bits per heavy atom. The lowest BCUT2D eigenvalue weighted by atomic mass is 9.92. The maximum Gasteiger partial charge on any atom is 0.134 e. The van der Waals surface area contributed by atoms with E-state index in [0.29, 0.717) is 11.8 Å². The first kappa shape index (κ1) is 14.9. The molecular formula is C18H24ClNO. The van der Waals surface area contributed by atoms with Crippen molar-refractivity contribution in [2.24, 2.45) is 5.92 Å². The second kappa shape index (κ2) is 5.66. The summed E-state index contributed by atoms with van der Waals surface area (Å²) in [6, 6.07) is 8.03. The molecule has 1 aromatic carbocycles. The van der Waals surface area contributed by atoms with Crippen molar-refractivity contribution in [3.63, 3.8) is 0 Å². The van der Waals surface area contributed by atoms with E-state index in [1.807, 2.05) is 18.2 Å². The highest BCUT2D eigenvalue weighted by Gasteiger charge is 2.31. The lowest BCUT2D eigenvalue weighted by Crippen LogP contribution is -2.39. The van der Waals surface area contributed by atoms with Gasteiger partial charge >= 0.3 is 0 Å². The lowest BCUT2D eigenvalue weighted by Gasteiger charge is -2.25. The van der Waals surface area contributed by atoms with Crippen LogP contribution in [0.5, 0.6) is 0 Å². The van der Waals surface area contributed by atoms with Gasteiger partial charge in [0.05, 0.1) is 0 Å². The van der Waals surface area contributed by atoms with Crippen LogP contribution in [-0.4, -0.2) is 12.1 Å². The maximum atomic E-state index is 6.08. The number of rotatable bonds is 3. The van der Waals surface area contributed by atoms with Crippen molar-refractivity contribution in [3.05, 3.63) is 35.0 Å². The van der Waals surface area contributed by atoms with Gasteiger partial charge in [0.25, 0.3) is 0 Å². The second-order valence-electron chi connectivity index (χ2n) is 7.26. The molecule has 0 aliphatic heterocycles. The first-order chi connectivity index (χ1) is 9.92. The van der Waals surface area contributed by atoms with Gasteiger partial charge in [0.2, 0.25) is 0 Å². The second-order valence-corrected chi connectivity index (χ2v) is 7.70. The average molecular weight is 306 g/mol. The SMILES string of the molecule is CC(C)(C)NCC1CCCC1c1cc2cc(Cl)ccc2o1. The summed E-state index contributed by atoms with van der Waals surface area (Å²) in [6.07, 6.45) is 3.80. The third-order valence-corrected chi connectivity index (χ3v) is 4.65. The summed E-state index contributed by atoms with van der Waals surface area (Å²) in [4.78, 5) is 0. The Morgan fingerprint density at radius 2 is 2.05 bits per heavy atom. The Hall–Kier alpha value is -0.990. The van der Waals surface area contributed by atoms with Crippen LogP contribution in [0.25, 0.3) is 11.0 Å². The summed E-state index contributed by atoms with van der Waals surface area (Å²) < 4.78 is 6.08. The zero-order valence-corrected chi connectivity index (χ0v) is 13.8. The molecule has 1 N–H and O–H groups in total. The summed E-state index contributed by atoms with van der Waals surface area (Å²) in [6.45, 7) is 7.73. The first-order valence-electron chi connectivity index (χ1n) is 7.86. The van der Waals surface area contributed by atoms with Crippen molar-refractivity contribution in [1.29, 1.82) is 0 Å². The highest BCUT2D eigenvalue weighted by molar-refractivity contribution is 6.31. The highest BCUT2D eigenvalue weighted by atomic mass is 35.5. The molecule has 1 saturated carbocycles. The summed E-state index contributed by atoms with van der Waals surface area (Å²) in [7, 11) is 0. The van der Waals surface area contributed by atoms with E-state index < -0.39 is 0 Å². The van der Waals surface area contributed by atoms with Gasteiger partial charge in [-0.1, -0.05) is 18.0 Å². The summed E-state index contributed by atoms with van der Waals surface area (Å²) in [5.74, 6) is 2.33. The van der Waals surface area contributed by atoms with E-state index in [2.05, 4.69) is 32.2 Å². The molecule has 3 rings (SSSR count). The van der Waals surface area contributed by atoms with Gasteiger partial charge in [-0.3, -0.25) is 0 Å². The van der Waals surface area contributed by atoms with E-state index in [-0.39, 0.29) is 5.54 Å². The van der Waals surface area contributed by atoms with Crippen LogP contribution < -0.4 is 5.32 Å². The zero-order valence-electron chi connectivity index (χ0n) is 13.1. The largest absolute Gasteiger partial charge is 0.461 e. The molecule has 0 saturated heterocycles. The minimum absolute atomic E-state index is 0.175. The number of nitrogens with one attached hydrogen (secondary N) is 1. The van der Waals surface area contributed by atoms with Crippen LogP contribution in [0.1, 0.15) is 51.7 Å². The van der Waals surface area contributed by atoms with Crippen LogP contribution in [0.2, 0.25) is 5.02 Å². The number of benzene rings is 1. The predicted molar refractivity (Wildman–Crippen MR) is 89.1 cm³/mol. The van der Waals surface area contributed by atoms with Crippen LogP contribution in [0.3, 0.4) is 0 Å². The van der Waals surface area contributed by atoms with Crippen molar-refractivity contribution in [2.75, 3.05) is 6.54 Å². The van der Waals surface area contributed by atoms with Gasteiger partial charge in [-0.05, 0) is 70.3 Å². The van der Waals surface area contributed by atoms with Gasteiger partial charge in [0.15, 0.2) is 0 Å². The Morgan fingerprint density at radius 3 is 2.81 bits per heavy atom. The molecular weight excluding hydrogens is 282 g/mol. The molecule has 0 amide bonds. The molecule has 2 atom stereocenters. The summed E-state index contributed by atoms with van der Waals surface area (Å²) in [5.41, 5.74) is 1.12. The number of furan rings is 1. The van der Waals surface area contributed by atoms with E-state index in [9.17, 15) is 0 Å². The average Bonchev–Trinajstić information content (AvgIpc) is 3.00. The molecule has 0 bridgehead atoms. The fourth-order valence-electron chi connectivity index (χ4n) is 3.31. The van der Waals surface area contributed by atoms with E-state index >= 15 is 0 Å². The molecule has 21 heavy (non-hydrogen) atoms.